The Kier molecular flexibility index (Phi) is 3.98. The predicted octanol–water partition coefficient (Wildman–Crippen LogP) is 2.21. The highest BCUT2D eigenvalue weighted by Crippen LogP contribution is 2.17. The van der Waals surface area contributed by atoms with Gasteiger partial charge in [-0.15, -0.1) is 0 Å². The summed E-state index contributed by atoms with van der Waals surface area (Å²) in [7, 11) is 0. The van der Waals surface area contributed by atoms with Crippen LogP contribution in [0.25, 0.3) is 0 Å². The normalized spacial score (nSPS) is 9.57. The maximum absolute atomic E-state index is 10.9. The van der Waals surface area contributed by atoms with Gasteiger partial charge < -0.3 is 9.47 Å². The summed E-state index contributed by atoms with van der Waals surface area (Å²) in [6.45, 7) is 4.18. The van der Waals surface area contributed by atoms with Crippen molar-refractivity contribution >= 4 is 5.97 Å². The lowest BCUT2D eigenvalue weighted by molar-refractivity contribution is -0.130. The van der Waals surface area contributed by atoms with Crippen molar-refractivity contribution in [3.63, 3.8) is 0 Å². The Hall–Kier alpha value is -1.51. The van der Waals surface area contributed by atoms with Crippen LogP contribution in [0.3, 0.4) is 0 Å². The molecule has 0 aliphatic rings. The lowest BCUT2D eigenvalue weighted by Gasteiger charge is -2.04. The fraction of sp³-hybridized carbons (Fsp3) is 0.273. The van der Waals surface area contributed by atoms with Gasteiger partial charge in [-0.2, -0.15) is 0 Å². The SMILES string of the molecule is C[CH]C(=O)Oc1ccc(OCC)cc1. The quantitative estimate of drug-likeness (QED) is 0.543. The first-order valence-electron chi connectivity index (χ1n) is 4.50. The molecule has 14 heavy (non-hydrogen) atoms. The fourth-order valence-corrected chi connectivity index (χ4v) is 0.946. The Morgan fingerprint density at radius 1 is 1.29 bits per heavy atom. The number of hydrogen-bond donors (Lipinski definition) is 0. The zero-order valence-electron chi connectivity index (χ0n) is 8.32. The molecule has 0 N–H and O–H groups in total. The lowest BCUT2D eigenvalue weighted by atomic mass is 10.3. The number of ether oxygens (including phenoxy) is 2. The van der Waals surface area contributed by atoms with Crippen molar-refractivity contribution in [2.24, 2.45) is 0 Å². The first-order chi connectivity index (χ1) is 6.76. The molecule has 0 fully saturated rings. The summed E-state index contributed by atoms with van der Waals surface area (Å²) < 4.78 is 10.2. The third-order valence-electron chi connectivity index (χ3n) is 1.59. The number of carbonyl (C=O) groups excluding carboxylic acids is 1. The van der Waals surface area contributed by atoms with Crippen molar-refractivity contribution in [3.05, 3.63) is 30.7 Å². The van der Waals surface area contributed by atoms with Gasteiger partial charge in [0.2, 0.25) is 0 Å². The van der Waals surface area contributed by atoms with Gasteiger partial charge in [0, 0.05) is 0 Å². The van der Waals surface area contributed by atoms with Crippen LogP contribution in [0.15, 0.2) is 24.3 Å². The summed E-state index contributed by atoms with van der Waals surface area (Å²) in [5, 5.41) is 0. The van der Waals surface area contributed by atoms with Crippen LogP contribution >= 0.6 is 0 Å². The Morgan fingerprint density at radius 3 is 2.36 bits per heavy atom. The van der Waals surface area contributed by atoms with E-state index in [1.54, 1.807) is 31.2 Å². The number of benzene rings is 1. The molecule has 0 unspecified atom stereocenters. The molecule has 0 aliphatic carbocycles. The van der Waals surface area contributed by atoms with Crippen LogP contribution in [0.2, 0.25) is 0 Å². The van der Waals surface area contributed by atoms with Gasteiger partial charge in [-0.05, 0) is 31.2 Å². The summed E-state index contributed by atoms with van der Waals surface area (Å²) in [4.78, 5) is 10.9. The Labute approximate surface area is 83.6 Å². The zero-order valence-corrected chi connectivity index (χ0v) is 8.32. The smallest absolute Gasteiger partial charge is 0.314 e. The van der Waals surface area contributed by atoms with E-state index < -0.39 is 0 Å². The molecule has 0 atom stereocenters. The Bertz CT molecular complexity index is 290. The molecule has 0 aromatic heterocycles. The van der Waals surface area contributed by atoms with Crippen LogP contribution < -0.4 is 9.47 Å². The molecule has 0 heterocycles. The van der Waals surface area contributed by atoms with Gasteiger partial charge in [-0.1, -0.05) is 6.92 Å². The van der Waals surface area contributed by atoms with Gasteiger partial charge in [-0.25, -0.2) is 0 Å². The van der Waals surface area contributed by atoms with Gasteiger partial charge in [0.25, 0.3) is 0 Å². The second kappa shape index (κ2) is 5.27. The topological polar surface area (TPSA) is 35.5 Å². The molecule has 75 valence electrons. The van der Waals surface area contributed by atoms with Gasteiger partial charge in [0.05, 0.1) is 13.0 Å². The first-order valence-corrected chi connectivity index (χ1v) is 4.50. The van der Waals surface area contributed by atoms with Crippen molar-refractivity contribution in [1.29, 1.82) is 0 Å². The molecular formula is C11H13O3. The lowest BCUT2D eigenvalue weighted by Crippen LogP contribution is -2.05. The van der Waals surface area contributed by atoms with E-state index in [4.69, 9.17) is 9.47 Å². The van der Waals surface area contributed by atoms with Crippen LogP contribution in [0.4, 0.5) is 0 Å². The molecule has 0 bridgehead atoms. The second-order valence-corrected chi connectivity index (χ2v) is 2.61. The minimum absolute atomic E-state index is 0.353. The van der Waals surface area contributed by atoms with Crippen molar-refractivity contribution in [2.75, 3.05) is 6.61 Å². The van der Waals surface area contributed by atoms with Crippen LogP contribution in [0.1, 0.15) is 13.8 Å². The molecule has 3 heteroatoms. The molecule has 1 rings (SSSR count). The Morgan fingerprint density at radius 2 is 1.86 bits per heavy atom. The summed E-state index contributed by atoms with van der Waals surface area (Å²) in [6.07, 6.45) is 1.37. The van der Waals surface area contributed by atoms with Crippen molar-refractivity contribution in [1.82, 2.24) is 0 Å². The van der Waals surface area contributed by atoms with Gasteiger partial charge >= 0.3 is 5.97 Å². The van der Waals surface area contributed by atoms with E-state index in [0.717, 1.165) is 5.75 Å². The predicted molar refractivity (Wildman–Crippen MR) is 53.2 cm³/mol. The molecule has 0 saturated heterocycles. The Balaban J connectivity index is 2.59. The first kappa shape index (κ1) is 10.6. The largest absolute Gasteiger partial charge is 0.494 e. The average Bonchev–Trinajstić information content (AvgIpc) is 2.21. The van der Waals surface area contributed by atoms with Crippen molar-refractivity contribution in [2.45, 2.75) is 13.8 Å². The fourth-order valence-electron chi connectivity index (χ4n) is 0.946. The van der Waals surface area contributed by atoms with E-state index in [1.807, 2.05) is 6.92 Å². The monoisotopic (exact) mass is 193 g/mol. The highest BCUT2D eigenvalue weighted by atomic mass is 16.5. The van der Waals surface area contributed by atoms with Crippen molar-refractivity contribution < 1.29 is 14.3 Å². The van der Waals surface area contributed by atoms with Crippen LogP contribution in [0.5, 0.6) is 11.5 Å². The van der Waals surface area contributed by atoms with Gasteiger partial charge in [0.15, 0.2) is 0 Å². The standard InChI is InChI=1S/C11H13O3/c1-3-11(12)14-10-7-5-9(6-8-10)13-4-2/h3,5-8H,4H2,1-2H3. The third-order valence-corrected chi connectivity index (χ3v) is 1.59. The van der Waals surface area contributed by atoms with E-state index in [-0.39, 0.29) is 5.97 Å². The molecule has 1 aromatic rings. The molecule has 0 saturated carbocycles. The van der Waals surface area contributed by atoms with E-state index in [1.165, 1.54) is 6.42 Å². The van der Waals surface area contributed by atoms with Crippen LogP contribution in [-0.2, 0) is 4.79 Å². The zero-order chi connectivity index (χ0) is 10.4. The van der Waals surface area contributed by atoms with Crippen LogP contribution in [-0.4, -0.2) is 12.6 Å². The maximum atomic E-state index is 10.9. The van der Waals surface area contributed by atoms with E-state index in [2.05, 4.69) is 0 Å². The highest BCUT2D eigenvalue weighted by molar-refractivity contribution is 5.80. The third kappa shape index (κ3) is 3.09. The summed E-state index contributed by atoms with van der Waals surface area (Å²) in [5.74, 6) is 0.943. The molecule has 1 aromatic carbocycles. The van der Waals surface area contributed by atoms with Gasteiger partial charge in [-0.3, -0.25) is 4.79 Å². The molecular weight excluding hydrogens is 180 g/mol. The maximum Gasteiger partial charge on any atom is 0.314 e. The van der Waals surface area contributed by atoms with E-state index >= 15 is 0 Å². The molecule has 3 nitrogen and oxygen atoms in total. The molecule has 0 spiro atoms. The summed E-state index contributed by atoms with van der Waals surface area (Å²) >= 11 is 0. The number of hydrogen-bond acceptors (Lipinski definition) is 3. The number of esters is 1. The summed E-state index contributed by atoms with van der Waals surface area (Å²) in [6, 6.07) is 6.93. The van der Waals surface area contributed by atoms with E-state index in [9.17, 15) is 4.79 Å². The van der Waals surface area contributed by atoms with Crippen molar-refractivity contribution in [3.8, 4) is 11.5 Å². The summed E-state index contributed by atoms with van der Waals surface area (Å²) in [5.41, 5.74) is 0. The minimum Gasteiger partial charge on any atom is -0.494 e. The average molecular weight is 193 g/mol. The van der Waals surface area contributed by atoms with E-state index in [0.29, 0.717) is 12.4 Å². The number of carbonyl (C=O) groups is 1. The highest BCUT2D eigenvalue weighted by Gasteiger charge is 2.01. The van der Waals surface area contributed by atoms with Crippen LogP contribution in [0, 0.1) is 6.42 Å². The minimum atomic E-state index is -0.353. The second-order valence-electron chi connectivity index (χ2n) is 2.61. The van der Waals surface area contributed by atoms with Gasteiger partial charge in [0.1, 0.15) is 11.5 Å². The molecule has 0 aliphatic heterocycles. The molecule has 1 radical (unpaired) electrons. The number of rotatable bonds is 4. The molecule has 0 amide bonds.